The fourth-order valence-corrected chi connectivity index (χ4v) is 3.35. The van der Waals surface area contributed by atoms with E-state index in [1.54, 1.807) is 12.0 Å². The van der Waals surface area contributed by atoms with Crippen LogP contribution in [0.2, 0.25) is 0 Å². The van der Waals surface area contributed by atoms with E-state index in [0.29, 0.717) is 38.6 Å². The van der Waals surface area contributed by atoms with Gasteiger partial charge >= 0.3 is 0 Å². The average Bonchev–Trinajstić information content (AvgIpc) is 2.87. The number of amides is 2. The van der Waals surface area contributed by atoms with E-state index in [1.165, 1.54) is 6.42 Å². The zero-order chi connectivity index (χ0) is 15.2. The summed E-state index contributed by atoms with van der Waals surface area (Å²) in [6.07, 6.45) is 4.74. The normalized spacial score (nSPS) is 28.4. The molecule has 0 radical (unpaired) electrons. The maximum absolute atomic E-state index is 12.4. The highest BCUT2D eigenvalue weighted by Gasteiger charge is 2.35. The van der Waals surface area contributed by atoms with Crippen molar-refractivity contribution in [3.8, 4) is 0 Å². The van der Waals surface area contributed by atoms with Gasteiger partial charge in [0.25, 0.3) is 0 Å². The topological polar surface area (TPSA) is 84.7 Å². The Bertz CT molecular complexity index is 381. The maximum Gasteiger partial charge on any atom is 0.225 e. The Morgan fingerprint density at radius 3 is 2.82 bits per heavy atom. The van der Waals surface area contributed by atoms with E-state index in [2.05, 4.69) is 5.32 Å². The molecule has 2 amide bonds. The van der Waals surface area contributed by atoms with Crippen molar-refractivity contribution in [2.24, 2.45) is 17.6 Å². The van der Waals surface area contributed by atoms with E-state index < -0.39 is 0 Å². The smallest absolute Gasteiger partial charge is 0.225 e. The van der Waals surface area contributed by atoms with E-state index in [0.717, 1.165) is 19.3 Å². The molecule has 0 aromatic heterocycles. The van der Waals surface area contributed by atoms with Crippen LogP contribution in [0.4, 0.5) is 0 Å². The van der Waals surface area contributed by atoms with Crippen LogP contribution < -0.4 is 11.1 Å². The molecule has 2 fully saturated rings. The molecule has 0 bridgehead atoms. The zero-order valence-electron chi connectivity index (χ0n) is 13.3. The van der Waals surface area contributed by atoms with Gasteiger partial charge in [-0.1, -0.05) is 12.8 Å². The summed E-state index contributed by atoms with van der Waals surface area (Å²) in [5, 5.41) is 3.13. The van der Waals surface area contributed by atoms with Gasteiger partial charge in [0, 0.05) is 32.7 Å². The Balaban J connectivity index is 0.00000242. The number of carbonyl (C=O) groups is 2. The molecule has 7 heteroatoms. The van der Waals surface area contributed by atoms with Crippen molar-refractivity contribution >= 4 is 24.2 Å². The second kappa shape index (κ2) is 9.33. The van der Waals surface area contributed by atoms with Crippen LogP contribution in [0.3, 0.4) is 0 Å². The van der Waals surface area contributed by atoms with E-state index in [-0.39, 0.29) is 36.2 Å². The van der Waals surface area contributed by atoms with Crippen molar-refractivity contribution < 1.29 is 14.3 Å². The molecular weight excluding hydrogens is 306 g/mol. The SMILES string of the molecule is COCCN1CC(C(=O)NC2CCCCC2CN)CC1=O.Cl. The number of rotatable bonds is 6. The Labute approximate surface area is 138 Å². The number of nitrogens with one attached hydrogen (secondary N) is 1. The molecule has 3 N–H and O–H groups in total. The van der Waals surface area contributed by atoms with Crippen LogP contribution in [0.5, 0.6) is 0 Å². The predicted octanol–water partition coefficient (Wildman–Crippen LogP) is 0.537. The number of carbonyl (C=O) groups excluding carboxylic acids is 2. The molecule has 22 heavy (non-hydrogen) atoms. The van der Waals surface area contributed by atoms with Crippen molar-refractivity contribution in [3.05, 3.63) is 0 Å². The number of ether oxygens (including phenoxy) is 1. The fourth-order valence-electron chi connectivity index (χ4n) is 3.35. The number of hydrogen-bond acceptors (Lipinski definition) is 4. The van der Waals surface area contributed by atoms with Crippen molar-refractivity contribution in [1.29, 1.82) is 0 Å². The van der Waals surface area contributed by atoms with Crippen LogP contribution in [0.1, 0.15) is 32.1 Å². The van der Waals surface area contributed by atoms with Crippen LogP contribution in [-0.4, -0.2) is 56.1 Å². The summed E-state index contributed by atoms with van der Waals surface area (Å²) in [4.78, 5) is 26.0. The van der Waals surface area contributed by atoms with Crippen LogP contribution in [0.15, 0.2) is 0 Å². The number of likely N-dealkylation sites (tertiary alicyclic amines) is 1. The van der Waals surface area contributed by atoms with Gasteiger partial charge in [0.15, 0.2) is 0 Å². The number of hydrogen-bond donors (Lipinski definition) is 2. The highest BCUT2D eigenvalue weighted by Crippen LogP contribution is 2.25. The highest BCUT2D eigenvalue weighted by atomic mass is 35.5. The Morgan fingerprint density at radius 2 is 2.14 bits per heavy atom. The summed E-state index contributed by atoms with van der Waals surface area (Å²) in [6.45, 7) is 2.20. The van der Waals surface area contributed by atoms with Gasteiger partial charge in [0.05, 0.1) is 12.5 Å². The Morgan fingerprint density at radius 1 is 1.41 bits per heavy atom. The molecule has 3 unspecified atom stereocenters. The largest absolute Gasteiger partial charge is 0.383 e. The van der Waals surface area contributed by atoms with E-state index in [9.17, 15) is 9.59 Å². The van der Waals surface area contributed by atoms with Gasteiger partial charge in [-0.05, 0) is 25.3 Å². The third-order valence-corrected chi connectivity index (χ3v) is 4.69. The lowest BCUT2D eigenvalue weighted by atomic mass is 9.84. The molecule has 1 heterocycles. The third-order valence-electron chi connectivity index (χ3n) is 4.69. The first-order valence-corrected chi connectivity index (χ1v) is 7.92. The van der Waals surface area contributed by atoms with Gasteiger partial charge < -0.3 is 20.7 Å². The minimum Gasteiger partial charge on any atom is -0.383 e. The average molecular weight is 334 g/mol. The number of methoxy groups -OCH3 is 1. The van der Waals surface area contributed by atoms with Crippen molar-refractivity contribution in [1.82, 2.24) is 10.2 Å². The lowest BCUT2D eigenvalue weighted by Crippen LogP contribution is -2.47. The first-order valence-electron chi connectivity index (χ1n) is 7.92. The lowest BCUT2D eigenvalue weighted by molar-refractivity contribution is -0.129. The molecule has 6 nitrogen and oxygen atoms in total. The van der Waals surface area contributed by atoms with Crippen LogP contribution >= 0.6 is 12.4 Å². The second-order valence-electron chi connectivity index (χ2n) is 6.13. The monoisotopic (exact) mass is 333 g/mol. The summed E-state index contributed by atoms with van der Waals surface area (Å²) < 4.78 is 4.99. The molecule has 3 atom stereocenters. The molecule has 128 valence electrons. The zero-order valence-corrected chi connectivity index (χ0v) is 14.1. The molecular formula is C15H28ClN3O3. The number of nitrogens with two attached hydrogens (primary N) is 1. The molecule has 2 rings (SSSR count). The first kappa shape index (κ1) is 19.2. The van der Waals surface area contributed by atoms with E-state index in [1.807, 2.05) is 0 Å². The molecule has 1 saturated carbocycles. The first-order chi connectivity index (χ1) is 10.2. The van der Waals surface area contributed by atoms with Crippen molar-refractivity contribution in [3.63, 3.8) is 0 Å². The summed E-state index contributed by atoms with van der Waals surface area (Å²) in [5.41, 5.74) is 5.79. The van der Waals surface area contributed by atoms with Gasteiger partial charge in [-0.15, -0.1) is 12.4 Å². The Kier molecular flexibility index (Phi) is 8.14. The van der Waals surface area contributed by atoms with Gasteiger partial charge in [-0.25, -0.2) is 0 Å². The summed E-state index contributed by atoms with van der Waals surface area (Å²) in [7, 11) is 1.61. The van der Waals surface area contributed by atoms with E-state index >= 15 is 0 Å². The highest BCUT2D eigenvalue weighted by molar-refractivity contribution is 5.89. The van der Waals surface area contributed by atoms with Crippen LogP contribution in [0.25, 0.3) is 0 Å². The second-order valence-corrected chi connectivity index (χ2v) is 6.13. The van der Waals surface area contributed by atoms with E-state index in [4.69, 9.17) is 10.5 Å². The van der Waals surface area contributed by atoms with Gasteiger partial charge in [0.1, 0.15) is 0 Å². The lowest BCUT2D eigenvalue weighted by Gasteiger charge is -2.32. The van der Waals surface area contributed by atoms with Crippen LogP contribution in [-0.2, 0) is 14.3 Å². The summed E-state index contributed by atoms with van der Waals surface area (Å²) in [6, 6.07) is 0.180. The molecule has 0 aromatic rings. The maximum atomic E-state index is 12.4. The molecule has 1 aliphatic carbocycles. The van der Waals surface area contributed by atoms with Crippen molar-refractivity contribution in [2.75, 3.05) is 33.4 Å². The predicted molar refractivity (Wildman–Crippen MR) is 86.8 cm³/mol. The summed E-state index contributed by atoms with van der Waals surface area (Å²) >= 11 is 0. The quantitative estimate of drug-likeness (QED) is 0.743. The third kappa shape index (κ3) is 4.83. The minimum atomic E-state index is -0.227. The van der Waals surface area contributed by atoms with Crippen molar-refractivity contribution in [2.45, 2.75) is 38.1 Å². The molecule has 1 aliphatic heterocycles. The van der Waals surface area contributed by atoms with Gasteiger partial charge in [-0.2, -0.15) is 0 Å². The van der Waals surface area contributed by atoms with Gasteiger partial charge in [0.2, 0.25) is 11.8 Å². The summed E-state index contributed by atoms with van der Waals surface area (Å²) in [5.74, 6) is 0.207. The molecule has 0 spiro atoms. The fraction of sp³-hybridized carbons (Fsp3) is 0.867. The number of halogens is 1. The van der Waals surface area contributed by atoms with Crippen LogP contribution in [0, 0.1) is 11.8 Å². The molecule has 0 aromatic carbocycles. The molecule has 2 aliphatic rings. The molecule has 1 saturated heterocycles. The Hall–Kier alpha value is -0.850. The number of nitrogens with zero attached hydrogens (tertiary/aromatic N) is 1. The minimum absolute atomic E-state index is 0. The standard InChI is InChI=1S/C15H27N3O3.ClH/c1-21-7-6-18-10-12(8-14(18)19)15(20)17-13-5-3-2-4-11(13)9-16;/h11-13H,2-10,16H2,1H3,(H,17,20);1H. The van der Waals surface area contributed by atoms with Gasteiger partial charge in [-0.3, -0.25) is 9.59 Å².